The van der Waals surface area contributed by atoms with Gasteiger partial charge in [0.25, 0.3) is 0 Å². The second-order valence-electron chi connectivity index (χ2n) is 0.861. The Bertz CT molecular complexity index is 72.0. The van der Waals surface area contributed by atoms with Crippen molar-refractivity contribution in [1.29, 1.82) is 0 Å². The number of aliphatic carboxylic acids is 1. The predicted molar refractivity (Wildman–Crippen MR) is 18.3 cm³/mol. The van der Waals surface area contributed by atoms with Crippen LogP contribution >= 0.6 is 0 Å². The fraction of sp³-hybridized carbons (Fsp3) is 0.333. The van der Waals surface area contributed by atoms with E-state index >= 15 is 0 Å². The van der Waals surface area contributed by atoms with Crippen molar-refractivity contribution in [1.82, 2.24) is 0 Å². The molecule has 6 heavy (non-hydrogen) atoms. The third-order valence-corrected chi connectivity index (χ3v) is 0.301. The van der Waals surface area contributed by atoms with Gasteiger partial charge in [-0.3, -0.25) is 4.79 Å². The van der Waals surface area contributed by atoms with Gasteiger partial charge in [0.1, 0.15) is 0 Å². The van der Waals surface area contributed by atoms with Gasteiger partial charge in [0.05, 0.1) is 0 Å². The third kappa shape index (κ3) is 1.46. The lowest BCUT2D eigenvalue weighted by Crippen LogP contribution is -2.05. The number of Topliss-reactive ketones (excluding diaryl/α,β-unsaturated/α-hetero) is 1. The molecule has 0 aromatic carbocycles. The molecule has 0 aromatic rings. The van der Waals surface area contributed by atoms with Gasteiger partial charge in [-0.05, 0) is 0 Å². The minimum absolute atomic E-state index is 0.824. The highest BCUT2D eigenvalue weighted by Crippen LogP contribution is 1.61. The lowest BCUT2D eigenvalue weighted by molar-refractivity contribution is -0.148. The number of rotatable bonds is 1. The molecule has 0 rings (SSSR count). The molecule has 0 unspecified atom stereocenters. The van der Waals surface area contributed by atoms with Crippen LogP contribution in [0.2, 0.25) is 0 Å². The van der Waals surface area contributed by atoms with E-state index in [1.165, 1.54) is 0 Å². The zero-order chi connectivity index (χ0) is 5.15. The van der Waals surface area contributed by atoms with Gasteiger partial charge in [0, 0.05) is 6.92 Å². The van der Waals surface area contributed by atoms with Gasteiger partial charge >= 0.3 is 5.97 Å². The molecular weight excluding hydrogens is 83.0 g/mol. The van der Waals surface area contributed by atoms with E-state index in [1.54, 1.807) is 0 Å². The van der Waals surface area contributed by atoms with Crippen LogP contribution in [-0.4, -0.2) is 16.9 Å². The van der Waals surface area contributed by atoms with Crippen molar-refractivity contribution in [2.75, 3.05) is 0 Å². The van der Waals surface area contributed by atoms with E-state index < -0.39 is 11.8 Å². The molecular formula is C3H4O3. The van der Waals surface area contributed by atoms with Crippen LogP contribution in [0, 0.1) is 0 Å². The Kier molecular flexibility index (Phi) is 1.32. The standard InChI is InChI=1S/C3H4O3/c1-2(4)3(5)6/h1H3,(H,5,6)/i3-1. The quantitative estimate of drug-likeness (QED) is 0.445. The van der Waals surface area contributed by atoms with Crippen LogP contribution in [0.4, 0.5) is 0 Å². The van der Waals surface area contributed by atoms with Crippen molar-refractivity contribution in [2.24, 2.45) is 0 Å². The summed E-state index contributed by atoms with van der Waals surface area (Å²) in [6.07, 6.45) is 0. The van der Waals surface area contributed by atoms with Crippen molar-refractivity contribution in [3.05, 3.63) is 0 Å². The molecule has 0 saturated carbocycles. The summed E-state index contributed by atoms with van der Waals surface area (Å²) in [5.74, 6) is -2.20. The molecule has 0 spiro atoms. The summed E-state index contributed by atoms with van der Waals surface area (Å²) in [6.45, 7) is 1.00. The minimum Gasteiger partial charge on any atom is -0.476 e. The number of carbonyl (C=O) groups excluding carboxylic acids is 1. The van der Waals surface area contributed by atoms with Crippen molar-refractivity contribution >= 4 is 11.8 Å². The van der Waals surface area contributed by atoms with Crippen LogP contribution in [0.1, 0.15) is 6.92 Å². The summed E-state index contributed by atoms with van der Waals surface area (Å²) in [4.78, 5) is 18.9. The Morgan fingerprint density at radius 2 is 1.67 bits per heavy atom. The molecule has 1 N–H and O–H groups in total. The van der Waals surface area contributed by atoms with Gasteiger partial charge < -0.3 is 5.11 Å². The SMILES string of the molecule is CC(=O)[11C](=O)O. The number of hydrogen-bond donors (Lipinski definition) is 1. The molecule has 0 aromatic heterocycles. The number of hydrogen-bond acceptors (Lipinski definition) is 2. The third-order valence-electron chi connectivity index (χ3n) is 0.301. The monoisotopic (exact) mass is 87.0 g/mol. The highest BCUT2D eigenvalue weighted by atomic mass is 16.3. The molecule has 0 aliphatic rings. The van der Waals surface area contributed by atoms with Crippen molar-refractivity contribution in [2.45, 2.75) is 6.92 Å². The van der Waals surface area contributed by atoms with E-state index in [2.05, 4.69) is 0 Å². The molecule has 3 nitrogen and oxygen atoms in total. The molecule has 3 heteroatoms. The first-order valence-corrected chi connectivity index (χ1v) is 1.38. The van der Waals surface area contributed by atoms with E-state index in [0.717, 1.165) is 6.92 Å². The second-order valence-corrected chi connectivity index (χ2v) is 0.861. The van der Waals surface area contributed by atoms with Gasteiger partial charge in [0.15, 0.2) is 0 Å². The molecule has 0 aliphatic heterocycles. The Balaban J connectivity index is 3.57. The molecule has 0 fully saturated rings. The van der Waals surface area contributed by atoms with E-state index in [1.807, 2.05) is 0 Å². The lowest BCUT2D eigenvalue weighted by atomic mass is 10.0. The summed E-state index contributed by atoms with van der Waals surface area (Å²) in [7, 11) is 0. The highest BCUT2D eigenvalue weighted by molar-refractivity contribution is 6.31. The van der Waals surface area contributed by atoms with Gasteiger partial charge in [-0.25, -0.2) is 4.79 Å². The first-order chi connectivity index (χ1) is 2.64. The van der Waals surface area contributed by atoms with E-state index in [-0.39, 0.29) is 0 Å². The molecule has 0 bridgehead atoms. The maximum atomic E-state index is 9.54. The minimum atomic E-state index is -1.38. The molecule has 0 aliphatic carbocycles. The van der Waals surface area contributed by atoms with E-state index in [9.17, 15) is 9.59 Å². The van der Waals surface area contributed by atoms with Crippen LogP contribution in [0.25, 0.3) is 0 Å². The lowest BCUT2D eigenvalue weighted by Gasteiger charge is -1.73. The Morgan fingerprint density at radius 1 is 1.50 bits per heavy atom. The topological polar surface area (TPSA) is 54.4 Å². The summed E-state index contributed by atoms with van der Waals surface area (Å²) in [5.41, 5.74) is 0. The van der Waals surface area contributed by atoms with Gasteiger partial charge in [0.2, 0.25) is 5.78 Å². The van der Waals surface area contributed by atoms with Gasteiger partial charge in [-0.2, -0.15) is 0 Å². The Labute approximate surface area is 34.6 Å². The van der Waals surface area contributed by atoms with Gasteiger partial charge in [-0.15, -0.1) is 0 Å². The molecule has 0 heterocycles. The van der Waals surface area contributed by atoms with Crippen LogP contribution < -0.4 is 0 Å². The fourth-order valence-electron chi connectivity index (χ4n) is 0. The summed E-state index contributed by atoms with van der Waals surface area (Å²) >= 11 is 0. The highest BCUT2D eigenvalue weighted by Gasteiger charge is 1.98. The first kappa shape index (κ1) is 5.14. The molecule has 34 valence electrons. The van der Waals surface area contributed by atoms with Gasteiger partial charge in [-0.1, -0.05) is 0 Å². The second kappa shape index (κ2) is 1.55. The molecule has 0 amide bonds. The molecule has 0 atom stereocenters. The van der Waals surface area contributed by atoms with E-state index in [4.69, 9.17) is 5.11 Å². The smallest absolute Gasteiger partial charge is 0.371 e. The summed E-state index contributed by atoms with van der Waals surface area (Å²) in [6, 6.07) is 0. The average Bonchev–Trinajstić information content (AvgIpc) is 1.36. The summed E-state index contributed by atoms with van der Waals surface area (Å²) < 4.78 is 0. The fourth-order valence-corrected chi connectivity index (χ4v) is 0. The van der Waals surface area contributed by atoms with Crippen LogP contribution in [0.5, 0.6) is 0 Å². The van der Waals surface area contributed by atoms with Crippen LogP contribution in [0.15, 0.2) is 0 Å². The van der Waals surface area contributed by atoms with Crippen LogP contribution in [-0.2, 0) is 9.59 Å². The zero-order valence-corrected chi connectivity index (χ0v) is 3.26. The Morgan fingerprint density at radius 3 is 1.67 bits per heavy atom. The van der Waals surface area contributed by atoms with E-state index in [0.29, 0.717) is 0 Å². The Hall–Kier alpha value is -0.860. The number of ketones is 1. The number of carbonyl (C=O) groups is 2. The maximum absolute atomic E-state index is 9.54. The van der Waals surface area contributed by atoms with Crippen molar-refractivity contribution in [3.63, 3.8) is 0 Å². The van der Waals surface area contributed by atoms with Crippen LogP contribution in [0.3, 0.4) is 0 Å². The average molecular weight is 87.1 g/mol. The molecule has 0 saturated heterocycles. The number of carboxylic acids is 1. The first-order valence-electron chi connectivity index (χ1n) is 1.38. The van der Waals surface area contributed by atoms with Crippen molar-refractivity contribution < 1.29 is 14.7 Å². The zero-order valence-electron chi connectivity index (χ0n) is 3.26. The largest absolute Gasteiger partial charge is 0.476 e. The number of carboxylic acid groups (broad SMARTS) is 1. The van der Waals surface area contributed by atoms with Crippen molar-refractivity contribution in [3.8, 4) is 0 Å². The summed E-state index contributed by atoms with van der Waals surface area (Å²) in [5, 5.41) is 7.64. The maximum Gasteiger partial charge on any atom is 0.371 e. The molecule has 0 radical (unpaired) electrons. The normalized spacial score (nSPS) is 7.50. The predicted octanol–water partition coefficient (Wildman–Crippen LogP) is -0.340.